The number of nitrogens with zero attached hydrogens (tertiary/aromatic N) is 1. The molecule has 0 N–H and O–H groups in total. The lowest BCUT2D eigenvalue weighted by molar-refractivity contribution is -0.410. The third-order valence-corrected chi connectivity index (χ3v) is 5.14. The first kappa shape index (κ1) is 21.3. The van der Waals surface area contributed by atoms with E-state index in [1.807, 2.05) is 0 Å². The quantitative estimate of drug-likeness (QED) is 0.233. The average Bonchev–Trinajstić information content (AvgIpc) is 2.64. The van der Waals surface area contributed by atoms with Crippen molar-refractivity contribution < 1.29 is 40.0 Å². The van der Waals surface area contributed by atoms with Gasteiger partial charge in [-0.05, 0) is 17.7 Å². The fourth-order valence-electron chi connectivity index (χ4n) is 2.14. The highest BCUT2D eigenvalue weighted by Gasteiger charge is 2.33. The summed E-state index contributed by atoms with van der Waals surface area (Å²) in [7, 11) is -3.46. The summed E-state index contributed by atoms with van der Waals surface area (Å²) < 4.78 is 96.5. The molecule has 0 radical (unpaired) electrons. The molecule has 2 rings (SSSR count). The normalized spacial score (nSPS) is 12.1. The zero-order valence-corrected chi connectivity index (χ0v) is 14.7. The number of nitro groups is 1. The molecule has 6 nitrogen and oxygen atoms in total. The molecule has 0 saturated heterocycles. The van der Waals surface area contributed by atoms with Crippen molar-refractivity contribution in [3.63, 3.8) is 0 Å². The maximum absolute atomic E-state index is 13.7. The summed E-state index contributed by atoms with van der Waals surface area (Å²) in [5, 5.41) is 9.40. The summed E-state index contributed by atoms with van der Waals surface area (Å²) in [6.45, 7) is 0. The van der Waals surface area contributed by atoms with Crippen LogP contribution in [-0.4, -0.2) is 20.5 Å². The molecule has 0 unspecified atom stereocenters. The summed E-state index contributed by atoms with van der Waals surface area (Å²) in [6.07, 6.45) is -0.199. The lowest BCUT2D eigenvalue weighted by Gasteiger charge is -2.06. The van der Waals surface area contributed by atoms with Crippen LogP contribution in [0.25, 0.3) is 6.08 Å². The summed E-state index contributed by atoms with van der Waals surface area (Å²) in [5.74, 6) is -12.6. The van der Waals surface area contributed by atoms with Gasteiger partial charge in [-0.15, -0.1) is 0 Å². The SMILES string of the molecule is COc1ccc(CS(=O)(=O)/C(=C/c2c(F)c(F)c(F)c(F)c2F)[N+](=O)[O-])cc1. The molecule has 0 aromatic heterocycles. The van der Waals surface area contributed by atoms with Crippen LogP contribution in [0.2, 0.25) is 0 Å². The number of ether oxygens (including phenoxy) is 1. The molecule has 0 heterocycles. The first-order valence-electron chi connectivity index (χ1n) is 7.22. The minimum atomic E-state index is -4.81. The van der Waals surface area contributed by atoms with Crippen molar-refractivity contribution in [2.45, 2.75) is 5.75 Å². The lowest BCUT2D eigenvalue weighted by Crippen LogP contribution is -2.15. The van der Waals surface area contributed by atoms with Gasteiger partial charge in [0.2, 0.25) is 15.7 Å². The zero-order chi connectivity index (χ0) is 21.2. The third-order valence-electron chi connectivity index (χ3n) is 3.53. The molecule has 2 aromatic carbocycles. The van der Waals surface area contributed by atoms with E-state index in [2.05, 4.69) is 0 Å². The highest BCUT2D eigenvalue weighted by molar-refractivity contribution is 7.94. The fourth-order valence-corrected chi connectivity index (χ4v) is 3.45. The van der Waals surface area contributed by atoms with Crippen molar-refractivity contribution >= 4 is 15.9 Å². The molecule has 0 atom stereocenters. The number of sulfone groups is 1. The largest absolute Gasteiger partial charge is 0.497 e. The van der Waals surface area contributed by atoms with E-state index >= 15 is 0 Å². The Kier molecular flexibility index (Phi) is 6.02. The highest BCUT2D eigenvalue weighted by Crippen LogP contribution is 2.27. The molecular weight excluding hydrogens is 413 g/mol. The first-order valence-corrected chi connectivity index (χ1v) is 8.88. The third kappa shape index (κ3) is 4.11. The van der Waals surface area contributed by atoms with Crippen LogP contribution < -0.4 is 4.74 Å². The molecule has 0 bridgehead atoms. The Morgan fingerprint density at radius 2 is 1.46 bits per heavy atom. The molecular formula is C16H10F5NO5S. The Hall–Kier alpha value is -3.02. The van der Waals surface area contributed by atoms with Gasteiger partial charge in [0.25, 0.3) is 0 Å². The Balaban J connectivity index is 2.57. The molecule has 150 valence electrons. The van der Waals surface area contributed by atoms with Crippen molar-refractivity contribution in [2.24, 2.45) is 0 Å². The second-order valence-corrected chi connectivity index (χ2v) is 7.27. The van der Waals surface area contributed by atoms with Crippen LogP contribution in [0.5, 0.6) is 5.75 Å². The average molecular weight is 423 g/mol. The monoisotopic (exact) mass is 423 g/mol. The van der Waals surface area contributed by atoms with Crippen molar-refractivity contribution in [2.75, 3.05) is 7.11 Å². The minimum Gasteiger partial charge on any atom is -0.497 e. The number of benzene rings is 2. The maximum Gasteiger partial charge on any atom is 0.360 e. The van der Waals surface area contributed by atoms with Gasteiger partial charge >= 0.3 is 5.03 Å². The van der Waals surface area contributed by atoms with Gasteiger partial charge in [0, 0.05) is 6.08 Å². The van der Waals surface area contributed by atoms with Gasteiger partial charge in [-0.2, -0.15) is 0 Å². The standard InChI is InChI=1S/C16H10F5NO5S/c1-27-9-4-2-8(3-5-9)7-28(25,26)11(22(23)24)6-10-12(17)14(19)16(21)15(20)13(10)18/h2-6H,7H2,1H3/b11-6+. The van der Waals surface area contributed by atoms with E-state index in [1.54, 1.807) is 0 Å². The van der Waals surface area contributed by atoms with E-state index < -0.39 is 60.2 Å². The van der Waals surface area contributed by atoms with E-state index in [1.165, 1.54) is 31.4 Å². The number of hydrogen-bond acceptors (Lipinski definition) is 5. The lowest BCUT2D eigenvalue weighted by atomic mass is 10.1. The maximum atomic E-state index is 13.7. The van der Waals surface area contributed by atoms with Crippen LogP contribution in [0.15, 0.2) is 29.3 Å². The molecule has 0 aliphatic rings. The van der Waals surface area contributed by atoms with Crippen molar-refractivity contribution in [1.29, 1.82) is 0 Å². The second kappa shape index (κ2) is 7.92. The van der Waals surface area contributed by atoms with Crippen LogP contribution in [0.3, 0.4) is 0 Å². The second-order valence-electron chi connectivity index (χ2n) is 5.33. The Labute approximate surface area is 154 Å². The van der Waals surface area contributed by atoms with E-state index in [-0.39, 0.29) is 11.6 Å². The molecule has 2 aromatic rings. The van der Waals surface area contributed by atoms with Crippen LogP contribution in [0.1, 0.15) is 11.1 Å². The van der Waals surface area contributed by atoms with Crippen LogP contribution in [0, 0.1) is 39.2 Å². The van der Waals surface area contributed by atoms with Gasteiger partial charge in [0.15, 0.2) is 23.3 Å². The van der Waals surface area contributed by atoms with Crippen LogP contribution in [0.4, 0.5) is 22.0 Å². The van der Waals surface area contributed by atoms with Gasteiger partial charge in [-0.1, -0.05) is 12.1 Å². The Morgan fingerprint density at radius 3 is 1.89 bits per heavy atom. The zero-order valence-electron chi connectivity index (χ0n) is 13.9. The van der Waals surface area contributed by atoms with E-state index in [4.69, 9.17) is 4.74 Å². The highest BCUT2D eigenvalue weighted by atomic mass is 32.2. The van der Waals surface area contributed by atoms with Gasteiger partial charge < -0.3 is 4.74 Å². The summed E-state index contributed by atoms with van der Waals surface area (Å²) in [4.78, 5) is 9.64. The summed E-state index contributed by atoms with van der Waals surface area (Å²) in [6, 6.07) is 5.27. The number of methoxy groups -OCH3 is 1. The van der Waals surface area contributed by atoms with Crippen molar-refractivity contribution in [3.05, 3.63) is 79.6 Å². The molecule has 0 amide bonds. The Bertz CT molecular complexity index is 1040. The van der Waals surface area contributed by atoms with E-state index in [0.717, 1.165) is 0 Å². The summed E-state index contributed by atoms with van der Waals surface area (Å²) in [5.41, 5.74) is -1.67. The molecule has 0 spiro atoms. The topological polar surface area (TPSA) is 86.5 Å². The van der Waals surface area contributed by atoms with Crippen molar-refractivity contribution in [3.8, 4) is 5.75 Å². The van der Waals surface area contributed by atoms with E-state index in [0.29, 0.717) is 5.75 Å². The smallest absolute Gasteiger partial charge is 0.360 e. The van der Waals surface area contributed by atoms with Crippen LogP contribution >= 0.6 is 0 Å². The van der Waals surface area contributed by atoms with Gasteiger partial charge in [-0.3, -0.25) is 10.1 Å². The molecule has 0 aliphatic carbocycles. The van der Waals surface area contributed by atoms with Gasteiger partial charge in [-0.25, -0.2) is 30.4 Å². The molecule has 0 saturated carbocycles. The van der Waals surface area contributed by atoms with Gasteiger partial charge in [0.1, 0.15) is 5.75 Å². The first-order chi connectivity index (χ1) is 13.0. The number of rotatable bonds is 6. The molecule has 12 heteroatoms. The molecule has 0 fully saturated rings. The summed E-state index contributed by atoms with van der Waals surface area (Å²) >= 11 is 0. The van der Waals surface area contributed by atoms with Crippen molar-refractivity contribution in [1.82, 2.24) is 0 Å². The Morgan fingerprint density at radius 1 is 1.00 bits per heavy atom. The predicted molar refractivity (Wildman–Crippen MR) is 86.8 cm³/mol. The molecule has 28 heavy (non-hydrogen) atoms. The van der Waals surface area contributed by atoms with Gasteiger partial charge in [0.05, 0.1) is 23.3 Å². The fraction of sp³-hybridized carbons (Fsp3) is 0.125. The minimum absolute atomic E-state index is 0.0611. The predicted octanol–water partition coefficient (Wildman–Crippen LogP) is 3.58. The van der Waals surface area contributed by atoms with E-state index in [9.17, 15) is 40.5 Å². The number of hydrogen-bond donors (Lipinski definition) is 0. The molecule has 0 aliphatic heterocycles. The number of halogens is 5. The van der Waals surface area contributed by atoms with Crippen LogP contribution in [-0.2, 0) is 15.6 Å².